The minimum absolute atomic E-state index is 0.177. The lowest BCUT2D eigenvalue weighted by Gasteiger charge is -2.39. The van der Waals surface area contributed by atoms with Crippen LogP contribution < -0.4 is 4.57 Å². The first kappa shape index (κ1) is 19.7. The number of nitrogens with zero attached hydrogens (tertiary/aromatic N) is 2. The summed E-state index contributed by atoms with van der Waals surface area (Å²) in [6.07, 6.45) is 2.10. The fraction of sp³-hybridized carbons (Fsp3) is 0.188. The first-order chi connectivity index (χ1) is 16.5. The Morgan fingerprint density at radius 2 is 1.32 bits per heavy atom. The molecule has 2 nitrogen and oxygen atoms in total. The maximum absolute atomic E-state index is 5.20. The topological polar surface area (TPSA) is 16.8 Å². The van der Waals surface area contributed by atoms with Crippen molar-refractivity contribution in [3.05, 3.63) is 129 Å². The van der Waals surface area contributed by atoms with Crippen molar-refractivity contribution < 1.29 is 4.57 Å². The van der Waals surface area contributed by atoms with Gasteiger partial charge in [-0.2, -0.15) is 4.57 Å². The molecule has 2 atom stereocenters. The van der Waals surface area contributed by atoms with Crippen molar-refractivity contribution in [2.75, 3.05) is 0 Å². The molecule has 0 aliphatic heterocycles. The van der Waals surface area contributed by atoms with E-state index in [1.54, 1.807) is 0 Å². The summed E-state index contributed by atoms with van der Waals surface area (Å²) in [4.78, 5) is 5.20. The molecule has 0 saturated carbocycles. The molecule has 3 aliphatic rings. The third kappa shape index (κ3) is 2.51. The van der Waals surface area contributed by atoms with Crippen LogP contribution in [0.2, 0.25) is 0 Å². The van der Waals surface area contributed by atoms with Gasteiger partial charge in [0.2, 0.25) is 11.4 Å². The number of hydrogen-bond donors (Lipinski definition) is 0. The van der Waals surface area contributed by atoms with Crippen molar-refractivity contribution in [3.8, 4) is 11.3 Å². The van der Waals surface area contributed by atoms with Gasteiger partial charge in [-0.15, -0.1) is 0 Å². The summed E-state index contributed by atoms with van der Waals surface area (Å²) >= 11 is 0. The molecule has 0 saturated heterocycles. The predicted octanol–water partition coefficient (Wildman–Crippen LogP) is 6.64. The van der Waals surface area contributed by atoms with Crippen LogP contribution in [0.4, 0.5) is 0 Å². The van der Waals surface area contributed by atoms with Crippen LogP contribution in [0, 0.1) is 20.8 Å². The highest BCUT2D eigenvalue weighted by atomic mass is 15.0. The molecule has 4 aromatic carbocycles. The second kappa shape index (κ2) is 6.87. The summed E-state index contributed by atoms with van der Waals surface area (Å²) in [5, 5.41) is 2.62. The normalized spacial score (nSPS) is 17.4. The highest BCUT2D eigenvalue weighted by Crippen LogP contribution is 2.54. The van der Waals surface area contributed by atoms with Gasteiger partial charge in [0.05, 0.1) is 23.6 Å². The van der Waals surface area contributed by atoms with Gasteiger partial charge in [0.15, 0.2) is 0 Å². The summed E-state index contributed by atoms with van der Waals surface area (Å²) < 4.78 is 2.43. The number of benzene rings is 4. The van der Waals surface area contributed by atoms with E-state index in [-0.39, 0.29) is 11.8 Å². The summed E-state index contributed by atoms with van der Waals surface area (Å²) in [7, 11) is 2.23. The van der Waals surface area contributed by atoms with Gasteiger partial charge in [-0.25, -0.2) is 4.98 Å². The molecule has 164 valence electrons. The molecule has 0 amide bonds. The fourth-order valence-corrected chi connectivity index (χ4v) is 6.44. The first-order valence-corrected chi connectivity index (χ1v) is 12.1. The molecule has 5 aromatic rings. The molecule has 2 bridgehead atoms. The maximum Gasteiger partial charge on any atom is 0.231 e. The quantitative estimate of drug-likeness (QED) is 0.262. The zero-order valence-electron chi connectivity index (χ0n) is 20.1. The van der Waals surface area contributed by atoms with Crippen LogP contribution in [0.15, 0.2) is 79.0 Å². The van der Waals surface area contributed by atoms with Crippen molar-refractivity contribution in [1.29, 1.82) is 0 Å². The molecular weight excluding hydrogens is 412 g/mol. The molecule has 2 heteroatoms. The molecule has 1 aromatic heterocycles. The number of fused-ring (bicyclic) bond motifs is 1. The first-order valence-electron chi connectivity index (χ1n) is 12.1. The van der Waals surface area contributed by atoms with Crippen molar-refractivity contribution >= 4 is 10.8 Å². The zero-order valence-corrected chi connectivity index (χ0v) is 20.1. The van der Waals surface area contributed by atoms with Gasteiger partial charge in [-0.3, -0.25) is 0 Å². The number of rotatable bonds is 1. The predicted molar refractivity (Wildman–Crippen MR) is 137 cm³/mol. The third-order valence-corrected chi connectivity index (χ3v) is 8.14. The van der Waals surface area contributed by atoms with Crippen molar-refractivity contribution in [2.24, 2.45) is 7.05 Å². The lowest BCUT2D eigenvalue weighted by atomic mass is 9.63. The molecule has 2 unspecified atom stereocenters. The van der Waals surface area contributed by atoms with Crippen LogP contribution in [0.1, 0.15) is 62.2 Å². The SMILES string of the molecule is Cc1cc(C)c(C)c(-c2cnc3c([n+]2C)C2c4ccccc4C3c3cc4ccccc4cc32)c1. The number of aromatic nitrogens is 2. The number of aryl methyl sites for hydroxylation is 2. The fourth-order valence-electron chi connectivity index (χ4n) is 6.44. The van der Waals surface area contributed by atoms with Crippen LogP contribution in [0.5, 0.6) is 0 Å². The lowest BCUT2D eigenvalue weighted by molar-refractivity contribution is -0.670. The van der Waals surface area contributed by atoms with Crippen LogP contribution in [-0.4, -0.2) is 4.98 Å². The molecule has 0 N–H and O–H groups in total. The van der Waals surface area contributed by atoms with Gasteiger partial charge >= 0.3 is 0 Å². The Balaban J connectivity index is 1.54. The average Bonchev–Trinajstić information content (AvgIpc) is 2.85. The van der Waals surface area contributed by atoms with E-state index in [1.165, 1.54) is 72.4 Å². The van der Waals surface area contributed by atoms with E-state index in [2.05, 4.69) is 111 Å². The molecule has 3 aliphatic carbocycles. The number of hydrogen-bond acceptors (Lipinski definition) is 1. The van der Waals surface area contributed by atoms with Crippen LogP contribution in [-0.2, 0) is 7.05 Å². The molecule has 0 spiro atoms. The second-order valence-corrected chi connectivity index (χ2v) is 10.1. The Morgan fingerprint density at radius 3 is 2.03 bits per heavy atom. The monoisotopic (exact) mass is 439 g/mol. The molecule has 34 heavy (non-hydrogen) atoms. The average molecular weight is 440 g/mol. The molecule has 8 rings (SSSR count). The minimum atomic E-state index is 0.177. The summed E-state index contributed by atoms with van der Waals surface area (Å²) in [6, 6.07) is 27.1. The van der Waals surface area contributed by atoms with E-state index < -0.39 is 0 Å². The lowest BCUT2D eigenvalue weighted by Crippen LogP contribution is -2.45. The van der Waals surface area contributed by atoms with Gasteiger partial charge in [0.25, 0.3) is 0 Å². The van der Waals surface area contributed by atoms with Gasteiger partial charge < -0.3 is 0 Å². The standard InChI is InChI=1S/C32H27N2/c1-18-13-19(2)20(3)25(14-18)28-17-33-31-29-23-11-7-8-12-24(23)30(32(31)34(28)4)27-16-22-10-6-5-9-21(22)15-26(27)29/h5-17,29-30H,1-4H3/q+1. The zero-order chi connectivity index (χ0) is 23.1. The highest BCUT2D eigenvalue weighted by molar-refractivity contribution is 5.86. The van der Waals surface area contributed by atoms with Crippen LogP contribution in [0.3, 0.4) is 0 Å². The van der Waals surface area contributed by atoms with Crippen LogP contribution in [0.25, 0.3) is 22.0 Å². The van der Waals surface area contributed by atoms with E-state index in [9.17, 15) is 0 Å². The Morgan fingerprint density at radius 1 is 0.706 bits per heavy atom. The van der Waals surface area contributed by atoms with Crippen molar-refractivity contribution in [1.82, 2.24) is 4.98 Å². The highest BCUT2D eigenvalue weighted by Gasteiger charge is 2.48. The third-order valence-electron chi connectivity index (χ3n) is 8.14. The molecule has 1 heterocycles. The summed E-state index contributed by atoms with van der Waals surface area (Å²) in [6.45, 7) is 6.62. The van der Waals surface area contributed by atoms with Gasteiger partial charge in [-0.1, -0.05) is 60.2 Å². The van der Waals surface area contributed by atoms with Gasteiger partial charge in [-0.05, 0) is 83.1 Å². The van der Waals surface area contributed by atoms with E-state index >= 15 is 0 Å². The molecule has 0 radical (unpaired) electrons. The largest absolute Gasteiger partial charge is 0.247 e. The van der Waals surface area contributed by atoms with E-state index in [0.717, 1.165) is 0 Å². The minimum Gasteiger partial charge on any atom is -0.247 e. The van der Waals surface area contributed by atoms with E-state index in [1.807, 2.05) is 0 Å². The maximum atomic E-state index is 5.20. The second-order valence-electron chi connectivity index (χ2n) is 10.1. The summed E-state index contributed by atoms with van der Waals surface area (Å²) in [5.41, 5.74) is 14.6. The summed E-state index contributed by atoms with van der Waals surface area (Å²) in [5.74, 6) is 0.371. The Hall–Kier alpha value is -3.78. The van der Waals surface area contributed by atoms with Gasteiger partial charge in [0, 0.05) is 0 Å². The van der Waals surface area contributed by atoms with E-state index in [4.69, 9.17) is 4.98 Å². The Kier molecular flexibility index (Phi) is 3.97. The smallest absolute Gasteiger partial charge is 0.231 e. The van der Waals surface area contributed by atoms with Crippen molar-refractivity contribution in [3.63, 3.8) is 0 Å². The van der Waals surface area contributed by atoms with E-state index in [0.29, 0.717) is 0 Å². The van der Waals surface area contributed by atoms with Crippen molar-refractivity contribution in [2.45, 2.75) is 32.6 Å². The Bertz CT molecular complexity index is 1660. The van der Waals surface area contributed by atoms with Crippen LogP contribution >= 0.6 is 0 Å². The Labute approximate surface area is 200 Å². The molecule has 0 fully saturated rings. The molecular formula is C32H27N2+. The van der Waals surface area contributed by atoms with Gasteiger partial charge in [0.1, 0.15) is 12.7 Å².